The predicted octanol–water partition coefficient (Wildman–Crippen LogP) is 2.63. The number of sulfonamides is 1. The molecule has 2 aromatic carbocycles. The van der Waals surface area contributed by atoms with Crippen molar-refractivity contribution in [2.75, 3.05) is 52.9 Å². The standard InChI is InChI=1S/C29H37ClN4O8S/c1-28(2,3)42-27(38)32-11-9-29(10-12-32,26(37)31-17-25(36)41-4)19-33-13-14-34(18-24(33)35)43(39,40)23-8-6-20-15-22(30)7-5-21(20)16-23/h5-8,15-16H,9-14,17-19H2,1-4H3,(H,31,37). The predicted molar refractivity (Wildman–Crippen MR) is 159 cm³/mol. The minimum absolute atomic E-state index is 0.00557. The van der Waals surface area contributed by atoms with Crippen molar-refractivity contribution in [2.24, 2.45) is 5.41 Å². The lowest BCUT2D eigenvalue weighted by Gasteiger charge is -2.44. The smallest absolute Gasteiger partial charge is 0.410 e. The molecule has 2 aliphatic heterocycles. The van der Waals surface area contributed by atoms with Crippen LogP contribution < -0.4 is 5.32 Å². The fourth-order valence-corrected chi connectivity index (χ4v) is 6.84. The van der Waals surface area contributed by atoms with Gasteiger partial charge in [0.2, 0.25) is 21.8 Å². The van der Waals surface area contributed by atoms with E-state index in [1.54, 1.807) is 51.1 Å². The monoisotopic (exact) mass is 636 g/mol. The topological polar surface area (TPSA) is 143 Å². The van der Waals surface area contributed by atoms with Crippen molar-refractivity contribution < 1.29 is 37.1 Å². The molecule has 2 fully saturated rings. The molecule has 0 atom stereocenters. The number of nitrogens with one attached hydrogen (secondary N) is 1. The normalized spacial score (nSPS) is 17.9. The zero-order valence-corrected chi connectivity index (χ0v) is 26.3. The van der Waals surface area contributed by atoms with Crippen molar-refractivity contribution in [2.45, 2.75) is 44.1 Å². The zero-order chi connectivity index (χ0) is 31.6. The summed E-state index contributed by atoms with van der Waals surface area (Å²) in [6.45, 7) is 5.09. The van der Waals surface area contributed by atoms with Gasteiger partial charge in [0.1, 0.15) is 12.1 Å². The summed E-state index contributed by atoms with van der Waals surface area (Å²) < 4.78 is 38.2. The number of carbonyl (C=O) groups is 4. The summed E-state index contributed by atoms with van der Waals surface area (Å²) in [6, 6.07) is 9.87. The highest BCUT2D eigenvalue weighted by Gasteiger charge is 2.46. The number of fused-ring (bicyclic) bond motifs is 1. The SMILES string of the molecule is COC(=O)CNC(=O)C1(CN2CCN(S(=O)(=O)c3ccc4cc(Cl)ccc4c3)CC2=O)CCN(C(=O)OC(C)(C)C)CC1. The molecule has 3 amide bonds. The minimum atomic E-state index is -3.97. The van der Waals surface area contributed by atoms with Crippen LogP contribution >= 0.6 is 11.6 Å². The number of ether oxygens (including phenoxy) is 2. The fraction of sp³-hybridized carbons (Fsp3) is 0.517. The average Bonchev–Trinajstić information content (AvgIpc) is 2.95. The number of nitrogens with zero attached hydrogens (tertiary/aromatic N) is 3. The van der Waals surface area contributed by atoms with Gasteiger partial charge in [0.25, 0.3) is 0 Å². The van der Waals surface area contributed by atoms with E-state index in [9.17, 15) is 27.6 Å². The maximum absolute atomic E-state index is 13.5. The molecule has 0 bridgehead atoms. The van der Waals surface area contributed by atoms with Crippen molar-refractivity contribution in [3.63, 3.8) is 0 Å². The van der Waals surface area contributed by atoms with Gasteiger partial charge in [-0.25, -0.2) is 13.2 Å². The third-order valence-corrected chi connectivity index (χ3v) is 9.74. The molecule has 14 heteroatoms. The third-order valence-electron chi connectivity index (χ3n) is 7.66. The minimum Gasteiger partial charge on any atom is -0.468 e. The first-order chi connectivity index (χ1) is 20.1. The van der Waals surface area contributed by atoms with Crippen LogP contribution in [0.2, 0.25) is 5.02 Å². The van der Waals surface area contributed by atoms with Crippen LogP contribution in [0.25, 0.3) is 10.8 Å². The zero-order valence-electron chi connectivity index (χ0n) is 24.7. The number of benzene rings is 2. The number of halogens is 1. The van der Waals surface area contributed by atoms with Gasteiger partial charge in [0.15, 0.2) is 0 Å². The molecule has 2 saturated heterocycles. The first kappa shape index (κ1) is 32.5. The summed E-state index contributed by atoms with van der Waals surface area (Å²) in [6.07, 6.45) is -0.0686. The van der Waals surface area contributed by atoms with Crippen molar-refractivity contribution in [1.82, 2.24) is 19.4 Å². The number of esters is 1. The van der Waals surface area contributed by atoms with E-state index in [0.717, 1.165) is 9.69 Å². The molecule has 2 heterocycles. The van der Waals surface area contributed by atoms with E-state index in [1.165, 1.54) is 23.0 Å². The highest BCUT2D eigenvalue weighted by molar-refractivity contribution is 7.89. The number of hydrogen-bond acceptors (Lipinski definition) is 8. The molecule has 0 aliphatic carbocycles. The molecule has 234 valence electrons. The van der Waals surface area contributed by atoms with Gasteiger partial charge in [0, 0.05) is 37.7 Å². The first-order valence-electron chi connectivity index (χ1n) is 13.9. The Morgan fingerprint density at radius 3 is 2.28 bits per heavy atom. The van der Waals surface area contributed by atoms with Crippen LogP contribution in [0.3, 0.4) is 0 Å². The second-order valence-corrected chi connectivity index (χ2v) is 14.2. The molecule has 4 rings (SSSR count). The molecule has 12 nitrogen and oxygen atoms in total. The molecule has 2 aromatic rings. The highest BCUT2D eigenvalue weighted by atomic mass is 35.5. The van der Waals surface area contributed by atoms with Gasteiger partial charge >= 0.3 is 12.1 Å². The summed E-state index contributed by atoms with van der Waals surface area (Å²) >= 11 is 6.04. The van der Waals surface area contributed by atoms with E-state index in [0.29, 0.717) is 10.4 Å². The van der Waals surface area contributed by atoms with Gasteiger partial charge in [-0.1, -0.05) is 23.7 Å². The van der Waals surface area contributed by atoms with E-state index < -0.39 is 44.9 Å². The number of hydrogen-bond donors (Lipinski definition) is 1. The molecular formula is C29H37ClN4O8S. The second kappa shape index (κ2) is 12.7. The number of likely N-dealkylation sites (tertiary alicyclic amines) is 1. The number of methoxy groups -OCH3 is 1. The van der Waals surface area contributed by atoms with Crippen molar-refractivity contribution in [3.05, 3.63) is 41.4 Å². The Kier molecular flexibility index (Phi) is 9.57. The Labute approximate surface area is 256 Å². The van der Waals surface area contributed by atoms with Crippen molar-refractivity contribution in [3.8, 4) is 0 Å². The van der Waals surface area contributed by atoms with Gasteiger partial charge in [-0.3, -0.25) is 14.4 Å². The Morgan fingerprint density at radius 2 is 1.65 bits per heavy atom. The molecule has 43 heavy (non-hydrogen) atoms. The number of amides is 3. The van der Waals surface area contributed by atoms with Gasteiger partial charge in [-0.05, 0) is 68.7 Å². The van der Waals surface area contributed by atoms with Crippen molar-refractivity contribution >= 4 is 56.3 Å². The van der Waals surface area contributed by atoms with Crippen LogP contribution in [0, 0.1) is 5.41 Å². The quantitative estimate of drug-likeness (QED) is 0.457. The van der Waals surface area contributed by atoms with E-state index in [2.05, 4.69) is 10.1 Å². The van der Waals surface area contributed by atoms with Crippen LogP contribution in [0.15, 0.2) is 41.3 Å². The molecule has 2 aliphatic rings. The number of piperidine rings is 1. The molecule has 0 radical (unpaired) electrons. The summed E-state index contributed by atoms with van der Waals surface area (Å²) in [5.41, 5.74) is -1.79. The van der Waals surface area contributed by atoms with E-state index >= 15 is 0 Å². The molecular weight excluding hydrogens is 600 g/mol. The van der Waals surface area contributed by atoms with Crippen LogP contribution in [-0.2, 0) is 33.9 Å². The van der Waals surface area contributed by atoms with Crippen molar-refractivity contribution in [1.29, 1.82) is 0 Å². The lowest BCUT2D eigenvalue weighted by atomic mass is 9.76. The second-order valence-electron chi connectivity index (χ2n) is 11.8. The highest BCUT2D eigenvalue weighted by Crippen LogP contribution is 2.35. The maximum Gasteiger partial charge on any atom is 0.410 e. The van der Waals surface area contributed by atoms with E-state index in [1.807, 2.05) is 0 Å². The molecule has 0 aromatic heterocycles. The Balaban J connectivity index is 1.48. The third kappa shape index (κ3) is 7.57. The van der Waals surface area contributed by atoms with Gasteiger partial charge in [-0.2, -0.15) is 4.31 Å². The summed E-state index contributed by atoms with van der Waals surface area (Å²) in [7, 11) is -2.76. The first-order valence-corrected chi connectivity index (χ1v) is 15.8. The summed E-state index contributed by atoms with van der Waals surface area (Å²) in [5.74, 6) is -1.51. The lowest BCUT2D eigenvalue weighted by Crippen LogP contribution is -2.60. The maximum atomic E-state index is 13.5. The van der Waals surface area contributed by atoms with E-state index in [-0.39, 0.29) is 63.6 Å². The van der Waals surface area contributed by atoms with Gasteiger partial charge < -0.3 is 24.6 Å². The van der Waals surface area contributed by atoms with Crippen LogP contribution in [0.5, 0.6) is 0 Å². The number of piperazine rings is 1. The molecule has 1 N–H and O–H groups in total. The number of rotatable bonds is 7. The van der Waals surface area contributed by atoms with Crippen LogP contribution in [0.1, 0.15) is 33.6 Å². The van der Waals surface area contributed by atoms with Crippen LogP contribution in [0.4, 0.5) is 4.79 Å². The van der Waals surface area contributed by atoms with Gasteiger partial charge in [-0.15, -0.1) is 0 Å². The van der Waals surface area contributed by atoms with E-state index in [4.69, 9.17) is 16.3 Å². The summed E-state index contributed by atoms with van der Waals surface area (Å²) in [5, 5.41) is 4.64. The number of carbonyl (C=O) groups excluding carboxylic acids is 4. The summed E-state index contributed by atoms with van der Waals surface area (Å²) in [4.78, 5) is 54.2. The Hall–Kier alpha value is -3.42. The Morgan fingerprint density at radius 1 is 1.00 bits per heavy atom. The largest absolute Gasteiger partial charge is 0.468 e. The fourth-order valence-electron chi connectivity index (χ4n) is 5.24. The molecule has 0 saturated carbocycles. The lowest BCUT2D eigenvalue weighted by molar-refractivity contribution is -0.146. The average molecular weight is 637 g/mol. The Bertz CT molecular complexity index is 1520. The molecule has 0 spiro atoms. The van der Waals surface area contributed by atoms with Gasteiger partial charge in [0.05, 0.1) is 24.0 Å². The molecule has 0 unspecified atom stereocenters. The van der Waals surface area contributed by atoms with Crippen LogP contribution in [-0.4, -0.2) is 105 Å².